The lowest BCUT2D eigenvalue weighted by molar-refractivity contribution is 1.55. The minimum atomic E-state index is 0.696. The molecule has 15 heavy (non-hydrogen) atoms. The first-order valence-corrected chi connectivity index (χ1v) is 5.96. The molecule has 0 fully saturated rings. The molecule has 0 aliphatic carbocycles. The van der Waals surface area contributed by atoms with Crippen LogP contribution in [0.4, 0.5) is 5.69 Å². The van der Waals surface area contributed by atoms with Gasteiger partial charge in [0.15, 0.2) is 0 Å². The van der Waals surface area contributed by atoms with Crippen molar-refractivity contribution in [2.45, 2.75) is 6.92 Å². The zero-order valence-corrected chi connectivity index (χ0v) is 10.4. The Morgan fingerprint density at radius 1 is 1.20 bits per heavy atom. The maximum absolute atomic E-state index is 6.10. The normalized spacial score (nSPS) is 10.6. The van der Waals surface area contributed by atoms with Crippen molar-refractivity contribution in [2.75, 3.05) is 5.73 Å². The summed E-state index contributed by atoms with van der Waals surface area (Å²) in [5.74, 6) is 0. The molecular weight excluding hydrogens is 249 g/mol. The quantitative estimate of drug-likeness (QED) is 0.742. The van der Waals surface area contributed by atoms with Crippen molar-refractivity contribution in [1.82, 2.24) is 0 Å². The number of rotatable bonds is 1. The van der Waals surface area contributed by atoms with Crippen LogP contribution in [0.15, 0.2) is 24.3 Å². The minimum Gasteiger partial charge on any atom is -0.399 e. The molecule has 2 N–H and O–H groups in total. The Labute approximate surface area is 102 Å². The zero-order chi connectivity index (χ0) is 11.0. The lowest BCUT2D eigenvalue weighted by Crippen LogP contribution is -1.84. The Kier molecular flexibility index (Phi) is 2.91. The second-order valence-corrected chi connectivity index (χ2v) is 5.37. The van der Waals surface area contributed by atoms with E-state index in [1.54, 1.807) is 12.1 Å². The van der Waals surface area contributed by atoms with Gasteiger partial charge in [-0.05, 0) is 36.8 Å². The van der Waals surface area contributed by atoms with Crippen LogP contribution in [0.3, 0.4) is 0 Å². The molecule has 1 aromatic heterocycles. The van der Waals surface area contributed by atoms with Gasteiger partial charge in [-0.15, -0.1) is 11.3 Å². The fraction of sp³-hybridized carbons (Fsp3) is 0.0909. The van der Waals surface area contributed by atoms with Crippen LogP contribution in [0.2, 0.25) is 9.36 Å². The van der Waals surface area contributed by atoms with Gasteiger partial charge in [0.1, 0.15) is 0 Å². The van der Waals surface area contributed by atoms with Crippen LogP contribution in [0.1, 0.15) is 5.56 Å². The highest BCUT2D eigenvalue weighted by Gasteiger charge is 2.09. The van der Waals surface area contributed by atoms with Crippen LogP contribution >= 0.6 is 34.5 Å². The monoisotopic (exact) mass is 257 g/mol. The molecule has 0 aliphatic heterocycles. The molecule has 0 saturated heterocycles. The second kappa shape index (κ2) is 4.05. The van der Waals surface area contributed by atoms with E-state index in [1.807, 2.05) is 19.1 Å². The standard InChI is InChI=1S/C11H9Cl2NS/c1-6-4-10(15-11(6)13)8-5-7(14)2-3-9(8)12/h2-5H,14H2,1H3. The van der Waals surface area contributed by atoms with Crippen LogP contribution in [-0.2, 0) is 0 Å². The largest absolute Gasteiger partial charge is 0.399 e. The van der Waals surface area contributed by atoms with E-state index < -0.39 is 0 Å². The Morgan fingerprint density at radius 2 is 1.93 bits per heavy atom. The van der Waals surface area contributed by atoms with Crippen molar-refractivity contribution >= 4 is 40.2 Å². The molecule has 2 aromatic rings. The fourth-order valence-electron chi connectivity index (χ4n) is 1.32. The third-order valence-corrected chi connectivity index (χ3v) is 4.03. The van der Waals surface area contributed by atoms with Crippen LogP contribution in [0.5, 0.6) is 0 Å². The number of hydrogen-bond donors (Lipinski definition) is 1. The minimum absolute atomic E-state index is 0.696. The number of aryl methyl sites for hydroxylation is 1. The first-order valence-electron chi connectivity index (χ1n) is 4.39. The summed E-state index contributed by atoms with van der Waals surface area (Å²) in [6.45, 7) is 1.97. The van der Waals surface area contributed by atoms with E-state index in [-0.39, 0.29) is 0 Å². The molecule has 0 radical (unpaired) electrons. The summed E-state index contributed by atoms with van der Waals surface area (Å²) < 4.78 is 0.795. The Hall–Kier alpha value is -0.700. The summed E-state index contributed by atoms with van der Waals surface area (Å²) >= 11 is 13.6. The van der Waals surface area contributed by atoms with E-state index in [1.165, 1.54) is 11.3 Å². The van der Waals surface area contributed by atoms with Gasteiger partial charge in [0, 0.05) is 21.2 Å². The number of thiophene rings is 1. The number of hydrogen-bond acceptors (Lipinski definition) is 2. The summed E-state index contributed by atoms with van der Waals surface area (Å²) in [5.41, 5.74) is 8.43. The third kappa shape index (κ3) is 2.12. The maximum atomic E-state index is 6.10. The molecule has 0 unspecified atom stereocenters. The van der Waals surface area contributed by atoms with Crippen molar-refractivity contribution < 1.29 is 0 Å². The zero-order valence-electron chi connectivity index (χ0n) is 8.05. The fourth-order valence-corrected chi connectivity index (χ4v) is 2.83. The Balaban J connectivity index is 2.58. The third-order valence-electron chi connectivity index (χ3n) is 2.11. The molecule has 0 atom stereocenters. The molecule has 1 nitrogen and oxygen atoms in total. The molecule has 0 spiro atoms. The van der Waals surface area contributed by atoms with E-state index in [9.17, 15) is 0 Å². The average molecular weight is 258 g/mol. The molecule has 1 aromatic carbocycles. The molecular formula is C11H9Cl2NS. The van der Waals surface area contributed by atoms with Crippen molar-refractivity contribution in [3.63, 3.8) is 0 Å². The smallest absolute Gasteiger partial charge is 0.0963 e. The van der Waals surface area contributed by atoms with Gasteiger partial charge >= 0.3 is 0 Å². The highest BCUT2D eigenvalue weighted by molar-refractivity contribution is 7.19. The van der Waals surface area contributed by atoms with Crippen molar-refractivity contribution in [3.8, 4) is 10.4 Å². The topological polar surface area (TPSA) is 26.0 Å². The van der Waals surface area contributed by atoms with Crippen LogP contribution < -0.4 is 5.73 Å². The van der Waals surface area contributed by atoms with Crippen LogP contribution in [0.25, 0.3) is 10.4 Å². The predicted molar refractivity (Wildman–Crippen MR) is 68.9 cm³/mol. The molecule has 0 saturated carbocycles. The van der Waals surface area contributed by atoms with E-state index in [2.05, 4.69) is 0 Å². The molecule has 0 aliphatic rings. The summed E-state index contributed by atoms with van der Waals surface area (Å²) in [4.78, 5) is 1.05. The van der Waals surface area contributed by atoms with Gasteiger partial charge in [0.05, 0.1) is 4.34 Å². The second-order valence-electron chi connectivity index (χ2n) is 3.31. The molecule has 2 rings (SSSR count). The van der Waals surface area contributed by atoms with Crippen LogP contribution in [0, 0.1) is 6.92 Å². The number of nitrogen functional groups attached to an aromatic ring is 1. The number of halogens is 2. The van der Waals surface area contributed by atoms with Crippen molar-refractivity contribution in [1.29, 1.82) is 0 Å². The van der Waals surface area contributed by atoms with E-state index >= 15 is 0 Å². The van der Waals surface area contributed by atoms with Gasteiger partial charge < -0.3 is 5.73 Å². The predicted octanol–water partition coefficient (Wildman–Crippen LogP) is 4.61. The average Bonchev–Trinajstić information content (AvgIpc) is 2.51. The summed E-state index contributed by atoms with van der Waals surface area (Å²) in [7, 11) is 0. The molecule has 4 heteroatoms. The summed E-state index contributed by atoms with van der Waals surface area (Å²) in [5, 5.41) is 0.696. The van der Waals surface area contributed by atoms with Gasteiger partial charge in [-0.1, -0.05) is 23.2 Å². The highest BCUT2D eigenvalue weighted by Crippen LogP contribution is 2.38. The summed E-state index contributed by atoms with van der Waals surface area (Å²) in [6, 6.07) is 7.47. The van der Waals surface area contributed by atoms with E-state index in [0.717, 1.165) is 20.3 Å². The maximum Gasteiger partial charge on any atom is 0.0963 e. The lowest BCUT2D eigenvalue weighted by atomic mass is 10.1. The summed E-state index contributed by atoms with van der Waals surface area (Å²) in [6.07, 6.45) is 0. The first-order chi connectivity index (χ1) is 7.08. The Bertz CT molecular complexity index is 486. The SMILES string of the molecule is Cc1cc(-c2cc(N)ccc2Cl)sc1Cl. The van der Waals surface area contributed by atoms with Crippen molar-refractivity contribution in [3.05, 3.63) is 39.2 Å². The molecule has 78 valence electrons. The highest BCUT2D eigenvalue weighted by atomic mass is 35.5. The molecule has 0 amide bonds. The Morgan fingerprint density at radius 3 is 2.53 bits per heavy atom. The van der Waals surface area contributed by atoms with Gasteiger partial charge in [0.2, 0.25) is 0 Å². The number of benzene rings is 1. The molecule has 0 bridgehead atoms. The van der Waals surface area contributed by atoms with Crippen LogP contribution in [-0.4, -0.2) is 0 Å². The molecule has 1 heterocycles. The van der Waals surface area contributed by atoms with Gasteiger partial charge in [0.25, 0.3) is 0 Å². The van der Waals surface area contributed by atoms with Gasteiger partial charge in [-0.2, -0.15) is 0 Å². The number of nitrogens with two attached hydrogens (primary N) is 1. The first kappa shape index (κ1) is 10.8. The van der Waals surface area contributed by atoms with Gasteiger partial charge in [-0.25, -0.2) is 0 Å². The van der Waals surface area contributed by atoms with E-state index in [4.69, 9.17) is 28.9 Å². The van der Waals surface area contributed by atoms with E-state index in [0.29, 0.717) is 10.7 Å². The van der Waals surface area contributed by atoms with Gasteiger partial charge in [-0.3, -0.25) is 0 Å². The lowest BCUT2D eigenvalue weighted by Gasteiger charge is -2.02. The van der Waals surface area contributed by atoms with Crippen molar-refractivity contribution in [2.24, 2.45) is 0 Å². The number of anilines is 1.